The topological polar surface area (TPSA) is 62.5 Å². The van der Waals surface area contributed by atoms with Crippen molar-refractivity contribution in [1.29, 1.82) is 0 Å². The summed E-state index contributed by atoms with van der Waals surface area (Å²) in [6.07, 6.45) is 0.406. The number of ether oxygens (including phenoxy) is 1. The molecule has 0 saturated heterocycles. The maximum Gasteiger partial charge on any atom is 0.366 e. The highest BCUT2D eigenvalue weighted by Gasteiger charge is 2.22. The quantitative estimate of drug-likeness (QED) is 0.570. The van der Waals surface area contributed by atoms with E-state index in [1.165, 1.54) is 23.8 Å². The second-order valence-corrected chi connectivity index (χ2v) is 7.27. The van der Waals surface area contributed by atoms with Crippen LogP contribution in [-0.2, 0) is 24.5 Å². The molecule has 0 fully saturated rings. The van der Waals surface area contributed by atoms with Gasteiger partial charge in [0.2, 0.25) is 0 Å². The van der Waals surface area contributed by atoms with Crippen molar-refractivity contribution in [3.8, 4) is 0 Å². The van der Waals surface area contributed by atoms with Gasteiger partial charge in [0.15, 0.2) is 0 Å². The fraction of sp³-hybridized carbons (Fsp3) is 0.304. The van der Waals surface area contributed by atoms with Gasteiger partial charge in [-0.25, -0.2) is 9.18 Å². The molecule has 0 atom stereocenters. The Balaban J connectivity index is 2.01. The second kappa shape index (κ2) is 9.54. The zero-order chi connectivity index (χ0) is 21.7. The molecule has 0 bridgehead atoms. The lowest BCUT2D eigenvalue weighted by Crippen LogP contribution is -2.46. The van der Waals surface area contributed by atoms with Crippen molar-refractivity contribution in [2.24, 2.45) is 0 Å². The number of aromatic nitrogens is 2. The maximum absolute atomic E-state index is 13.1. The van der Waals surface area contributed by atoms with E-state index in [2.05, 4.69) is 0 Å². The van der Waals surface area contributed by atoms with Crippen molar-refractivity contribution in [1.82, 2.24) is 9.30 Å². The van der Waals surface area contributed by atoms with Crippen LogP contribution in [0, 0.1) is 5.82 Å². The van der Waals surface area contributed by atoms with Crippen LogP contribution < -0.4 is 16.1 Å². The van der Waals surface area contributed by atoms with Crippen LogP contribution in [0.2, 0.25) is 0 Å². The lowest BCUT2D eigenvalue weighted by atomic mass is 9.98. The molecule has 3 aromatic rings. The number of hydrogen-bond donors (Lipinski definition) is 0. The van der Waals surface area contributed by atoms with Crippen LogP contribution in [0.15, 0.2) is 64.2 Å². The van der Waals surface area contributed by atoms with Gasteiger partial charge in [0.25, 0.3) is 5.56 Å². The van der Waals surface area contributed by atoms with E-state index >= 15 is 0 Å². The largest absolute Gasteiger partial charge is 0.409 e. The van der Waals surface area contributed by atoms with Crippen LogP contribution in [-0.4, -0.2) is 16.4 Å². The Hall–Kier alpha value is -3.19. The molecule has 1 aromatic heterocycles. The standard InChI is InChI=1S/C23H25FN2O4/c1-16(2)21-20(13-17-7-5-4-6-8-17)25(23(28)26(29-3)22(21)27)15-30-14-18-9-11-19(24)12-10-18/h4-12,16H,13-15H2,1-3H3. The first kappa shape index (κ1) is 21.5. The Morgan fingerprint density at radius 1 is 0.967 bits per heavy atom. The van der Waals surface area contributed by atoms with Gasteiger partial charge in [-0.3, -0.25) is 9.36 Å². The van der Waals surface area contributed by atoms with Crippen LogP contribution in [0.25, 0.3) is 0 Å². The van der Waals surface area contributed by atoms with Crippen LogP contribution in [0.5, 0.6) is 0 Å². The number of rotatable bonds is 8. The third-order valence-corrected chi connectivity index (χ3v) is 4.83. The first-order valence-corrected chi connectivity index (χ1v) is 9.71. The molecule has 0 N–H and O–H groups in total. The molecular formula is C23H25FN2O4. The summed E-state index contributed by atoms with van der Waals surface area (Å²) < 4.78 is 21.0. The van der Waals surface area contributed by atoms with Crippen molar-refractivity contribution < 1.29 is 14.0 Å². The monoisotopic (exact) mass is 412 g/mol. The van der Waals surface area contributed by atoms with Gasteiger partial charge in [0.1, 0.15) is 19.7 Å². The van der Waals surface area contributed by atoms with Gasteiger partial charge >= 0.3 is 5.69 Å². The highest BCUT2D eigenvalue weighted by atomic mass is 19.1. The van der Waals surface area contributed by atoms with E-state index in [4.69, 9.17) is 9.57 Å². The van der Waals surface area contributed by atoms with Crippen molar-refractivity contribution in [3.63, 3.8) is 0 Å². The van der Waals surface area contributed by atoms with Gasteiger partial charge in [0, 0.05) is 17.7 Å². The number of benzene rings is 2. The highest BCUT2D eigenvalue weighted by molar-refractivity contribution is 5.29. The van der Waals surface area contributed by atoms with Crippen LogP contribution >= 0.6 is 0 Å². The molecule has 3 rings (SSSR count). The smallest absolute Gasteiger partial charge is 0.366 e. The average molecular weight is 412 g/mol. The van der Waals surface area contributed by atoms with Gasteiger partial charge in [-0.2, -0.15) is 0 Å². The molecule has 0 aliphatic carbocycles. The number of nitrogens with zero attached hydrogens (tertiary/aromatic N) is 2. The summed E-state index contributed by atoms with van der Waals surface area (Å²) in [5.41, 5.74) is 1.79. The van der Waals surface area contributed by atoms with E-state index < -0.39 is 11.2 Å². The van der Waals surface area contributed by atoms with Gasteiger partial charge in [0.05, 0.1) is 6.61 Å². The van der Waals surface area contributed by atoms with Gasteiger partial charge < -0.3 is 9.57 Å². The minimum Gasteiger partial charge on any atom is -0.409 e. The summed E-state index contributed by atoms with van der Waals surface area (Å²) in [7, 11) is 1.29. The summed E-state index contributed by atoms with van der Waals surface area (Å²) in [5, 5.41) is 0. The molecule has 0 radical (unpaired) electrons. The van der Waals surface area contributed by atoms with E-state index in [0.29, 0.717) is 17.7 Å². The summed E-state index contributed by atoms with van der Waals surface area (Å²) >= 11 is 0. The summed E-state index contributed by atoms with van der Waals surface area (Å²) in [6, 6.07) is 15.6. The molecule has 0 aliphatic rings. The predicted molar refractivity (Wildman–Crippen MR) is 112 cm³/mol. The van der Waals surface area contributed by atoms with Crippen LogP contribution in [0.1, 0.15) is 42.1 Å². The molecule has 1 heterocycles. The zero-order valence-electron chi connectivity index (χ0n) is 17.3. The molecule has 2 aromatic carbocycles. The molecule has 0 amide bonds. The molecule has 6 nitrogen and oxygen atoms in total. The molecule has 0 unspecified atom stereocenters. The lowest BCUT2D eigenvalue weighted by Gasteiger charge is -2.20. The predicted octanol–water partition coefficient (Wildman–Crippen LogP) is 3.10. The molecule has 0 aliphatic heterocycles. The first-order chi connectivity index (χ1) is 14.4. The third-order valence-electron chi connectivity index (χ3n) is 4.83. The van der Waals surface area contributed by atoms with Gasteiger partial charge in [-0.1, -0.05) is 61.0 Å². The van der Waals surface area contributed by atoms with Gasteiger partial charge in [-0.15, -0.1) is 0 Å². The Morgan fingerprint density at radius 3 is 2.23 bits per heavy atom. The SMILES string of the molecule is COn1c(=O)c(C(C)C)c(Cc2ccccc2)n(COCc2ccc(F)cc2)c1=O. The normalized spacial score (nSPS) is 11.1. The summed E-state index contributed by atoms with van der Waals surface area (Å²) in [6.45, 7) is 3.93. The number of hydrogen-bond acceptors (Lipinski definition) is 4. The molecule has 0 spiro atoms. The van der Waals surface area contributed by atoms with Crippen molar-refractivity contribution >= 4 is 0 Å². The summed E-state index contributed by atoms with van der Waals surface area (Å²) in [4.78, 5) is 30.9. The maximum atomic E-state index is 13.1. The Morgan fingerprint density at radius 2 is 1.63 bits per heavy atom. The Labute approximate surface area is 174 Å². The van der Waals surface area contributed by atoms with Crippen molar-refractivity contribution in [2.75, 3.05) is 7.11 Å². The fourth-order valence-electron chi connectivity index (χ4n) is 3.38. The third kappa shape index (κ3) is 4.68. The van der Waals surface area contributed by atoms with Crippen molar-refractivity contribution in [2.45, 2.75) is 39.5 Å². The van der Waals surface area contributed by atoms with E-state index in [1.54, 1.807) is 12.1 Å². The zero-order valence-corrected chi connectivity index (χ0v) is 17.3. The molecule has 158 valence electrons. The summed E-state index contributed by atoms with van der Waals surface area (Å²) in [5.74, 6) is -0.449. The average Bonchev–Trinajstić information content (AvgIpc) is 2.72. The molecule has 30 heavy (non-hydrogen) atoms. The Kier molecular flexibility index (Phi) is 6.84. The number of halogens is 1. The van der Waals surface area contributed by atoms with E-state index in [-0.39, 0.29) is 25.1 Å². The fourth-order valence-corrected chi connectivity index (χ4v) is 3.38. The van der Waals surface area contributed by atoms with Crippen LogP contribution in [0.3, 0.4) is 0 Å². The Bertz CT molecular complexity index is 1100. The lowest BCUT2D eigenvalue weighted by molar-refractivity contribution is 0.0492. The molecular weight excluding hydrogens is 387 g/mol. The first-order valence-electron chi connectivity index (χ1n) is 9.71. The van der Waals surface area contributed by atoms with E-state index in [0.717, 1.165) is 15.9 Å². The van der Waals surface area contributed by atoms with Crippen molar-refractivity contribution in [3.05, 3.63) is 104 Å². The molecule has 7 heteroatoms. The van der Waals surface area contributed by atoms with Crippen LogP contribution in [0.4, 0.5) is 4.39 Å². The van der Waals surface area contributed by atoms with E-state index in [1.807, 2.05) is 44.2 Å². The van der Waals surface area contributed by atoms with Gasteiger partial charge in [-0.05, 0) is 29.2 Å². The van der Waals surface area contributed by atoms with E-state index in [9.17, 15) is 14.0 Å². The highest BCUT2D eigenvalue weighted by Crippen LogP contribution is 2.18. The minimum atomic E-state index is -0.600. The second-order valence-electron chi connectivity index (χ2n) is 7.27. The minimum absolute atomic E-state index is 0.0677. The molecule has 0 saturated carbocycles.